The van der Waals surface area contributed by atoms with Crippen molar-refractivity contribution in [2.24, 2.45) is 7.05 Å². The predicted molar refractivity (Wildman–Crippen MR) is 53.3 cm³/mol. The summed E-state index contributed by atoms with van der Waals surface area (Å²) >= 11 is 0. The Labute approximate surface area is 76.4 Å². The number of nitrogens with two attached hydrogens (primary N) is 1. The molecule has 1 heterocycles. The lowest BCUT2D eigenvalue weighted by Crippen LogP contribution is -1.95. The second-order valence-corrected chi connectivity index (χ2v) is 3.17. The van der Waals surface area contributed by atoms with Gasteiger partial charge in [0.15, 0.2) is 0 Å². The molecule has 0 saturated heterocycles. The number of hydrogen-bond acceptors (Lipinski definition) is 2. The second kappa shape index (κ2) is 2.78. The Kier molecular flexibility index (Phi) is 1.74. The molecule has 3 N–H and O–H groups in total. The van der Waals surface area contributed by atoms with Crippen LogP contribution in [0.4, 0.5) is 5.69 Å². The molecule has 0 aliphatic heterocycles. The number of aliphatic hydroxyl groups is 1. The van der Waals surface area contributed by atoms with Crippen LogP contribution in [-0.4, -0.2) is 9.67 Å². The van der Waals surface area contributed by atoms with Crippen LogP contribution in [0.15, 0.2) is 24.3 Å². The zero-order chi connectivity index (χ0) is 9.42. The van der Waals surface area contributed by atoms with Crippen LogP contribution in [0.3, 0.4) is 0 Å². The molecule has 3 heteroatoms. The fraction of sp³-hybridized carbons (Fsp3) is 0.200. The summed E-state index contributed by atoms with van der Waals surface area (Å²) in [6.07, 6.45) is 0. The van der Waals surface area contributed by atoms with Crippen LogP contribution in [0, 0.1) is 0 Å². The Bertz CT molecular complexity index is 445. The quantitative estimate of drug-likeness (QED) is 0.642. The van der Waals surface area contributed by atoms with E-state index in [2.05, 4.69) is 0 Å². The van der Waals surface area contributed by atoms with Crippen molar-refractivity contribution in [1.82, 2.24) is 4.57 Å². The Hall–Kier alpha value is -1.48. The van der Waals surface area contributed by atoms with E-state index in [0.717, 1.165) is 22.3 Å². The molecule has 0 aliphatic carbocycles. The maximum atomic E-state index is 9.04. The summed E-state index contributed by atoms with van der Waals surface area (Å²) in [4.78, 5) is 0. The normalized spacial score (nSPS) is 10.9. The van der Waals surface area contributed by atoms with Gasteiger partial charge >= 0.3 is 0 Å². The van der Waals surface area contributed by atoms with Gasteiger partial charge in [0, 0.05) is 23.8 Å². The molecule has 0 fully saturated rings. The van der Waals surface area contributed by atoms with Gasteiger partial charge in [-0.3, -0.25) is 0 Å². The molecule has 0 bridgehead atoms. The van der Waals surface area contributed by atoms with Crippen molar-refractivity contribution in [3.05, 3.63) is 30.0 Å². The summed E-state index contributed by atoms with van der Waals surface area (Å²) < 4.78 is 1.95. The van der Waals surface area contributed by atoms with Crippen LogP contribution in [0.5, 0.6) is 0 Å². The SMILES string of the molecule is Cn1c(CO)cc2ccc(N)cc21. The third kappa shape index (κ3) is 1.17. The van der Waals surface area contributed by atoms with E-state index in [4.69, 9.17) is 10.8 Å². The fourth-order valence-electron chi connectivity index (χ4n) is 1.56. The topological polar surface area (TPSA) is 51.2 Å². The lowest BCUT2D eigenvalue weighted by molar-refractivity contribution is 0.273. The third-order valence-corrected chi connectivity index (χ3v) is 2.33. The number of hydrogen-bond donors (Lipinski definition) is 2. The van der Waals surface area contributed by atoms with Crippen molar-refractivity contribution in [3.8, 4) is 0 Å². The molecule has 2 aromatic rings. The molecule has 0 radical (unpaired) electrons. The summed E-state index contributed by atoms with van der Waals surface area (Å²) in [6, 6.07) is 7.70. The minimum atomic E-state index is 0.0606. The molecule has 2 rings (SSSR count). The van der Waals surface area contributed by atoms with Gasteiger partial charge in [-0.15, -0.1) is 0 Å². The lowest BCUT2D eigenvalue weighted by atomic mass is 10.2. The molecule has 1 aromatic carbocycles. The number of nitrogen functional groups attached to an aromatic ring is 1. The second-order valence-electron chi connectivity index (χ2n) is 3.17. The highest BCUT2D eigenvalue weighted by molar-refractivity contribution is 5.84. The number of aliphatic hydroxyl groups excluding tert-OH is 1. The largest absolute Gasteiger partial charge is 0.399 e. The molecule has 0 saturated carbocycles. The molecule has 1 aromatic heterocycles. The number of anilines is 1. The van der Waals surface area contributed by atoms with E-state index in [1.807, 2.05) is 35.9 Å². The zero-order valence-corrected chi connectivity index (χ0v) is 7.49. The maximum Gasteiger partial charge on any atom is 0.0833 e. The Morgan fingerprint density at radius 3 is 2.85 bits per heavy atom. The van der Waals surface area contributed by atoms with E-state index in [1.54, 1.807) is 0 Å². The van der Waals surface area contributed by atoms with E-state index < -0.39 is 0 Å². The maximum absolute atomic E-state index is 9.04. The van der Waals surface area contributed by atoms with E-state index in [0.29, 0.717) is 0 Å². The van der Waals surface area contributed by atoms with Crippen molar-refractivity contribution in [2.75, 3.05) is 5.73 Å². The molecule has 0 amide bonds. The zero-order valence-electron chi connectivity index (χ0n) is 7.49. The van der Waals surface area contributed by atoms with Gasteiger partial charge in [-0.1, -0.05) is 6.07 Å². The highest BCUT2D eigenvalue weighted by Gasteiger charge is 2.03. The first-order valence-electron chi connectivity index (χ1n) is 4.17. The van der Waals surface area contributed by atoms with Crippen molar-refractivity contribution >= 4 is 16.6 Å². The van der Waals surface area contributed by atoms with Crippen LogP contribution >= 0.6 is 0 Å². The fourth-order valence-corrected chi connectivity index (χ4v) is 1.56. The van der Waals surface area contributed by atoms with Crippen molar-refractivity contribution in [3.63, 3.8) is 0 Å². The van der Waals surface area contributed by atoms with Gasteiger partial charge in [0.1, 0.15) is 0 Å². The van der Waals surface area contributed by atoms with Gasteiger partial charge in [0.05, 0.1) is 12.1 Å². The monoisotopic (exact) mass is 176 g/mol. The van der Waals surface area contributed by atoms with Crippen LogP contribution < -0.4 is 5.73 Å². The van der Waals surface area contributed by atoms with Gasteiger partial charge in [0.2, 0.25) is 0 Å². The van der Waals surface area contributed by atoms with Crippen molar-refractivity contribution in [2.45, 2.75) is 6.61 Å². The minimum absolute atomic E-state index is 0.0606. The number of benzene rings is 1. The number of rotatable bonds is 1. The van der Waals surface area contributed by atoms with Gasteiger partial charge in [-0.2, -0.15) is 0 Å². The molecule has 68 valence electrons. The van der Waals surface area contributed by atoms with Gasteiger partial charge in [-0.05, 0) is 18.2 Å². The average Bonchev–Trinajstić information content (AvgIpc) is 2.44. The van der Waals surface area contributed by atoms with E-state index in [1.165, 1.54) is 0 Å². The average molecular weight is 176 g/mol. The third-order valence-electron chi connectivity index (χ3n) is 2.33. The van der Waals surface area contributed by atoms with Crippen LogP contribution in [-0.2, 0) is 13.7 Å². The Morgan fingerprint density at radius 1 is 1.38 bits per heavy atom. The molecule has 0 unspecified atom stereocenters. The summed E-state index contributed by atoms with van der Waals surface area (Å²) in [5.41, 5.74) is 8.38. The highest BCUT2D eigenvalue weighted by Crippen LogP contribution is 2.20. The summed E-state index contributed by atoms with van der Waals surface area (Å²) in [5.74, 6) is 0. The predicted octanol–water partition coefficient (Wildman–Crippen LogP) is 1.25. The minimum Gasteiger partial charge on any atom is -0.399 e. The molecular formula is C10H12N2O. The molecule has 3 nitrogen and oxygen atoms in total. The number of nitrogens with zero attached hydrogens (tertiary/aromatic N) is 1. The molecule has 0 spiro atoms. The van der Waals surface area contributed by atoms with Crippen LogP contribution in [0.1, 0.15) is 5.69 Å². The van der Waals surface area contributed by atoms with Crippen molar-refractivity contribution in [1.29, 1.82) is 0 Å². The molecule has 0 aliphatic rings. The van der Waals surface area contributed by atoms with Gasteiger partial charge in [-0.25, -0.2) is 0 Å². The van der Waals surface area contributed by atoms with E-state index >= 15 is 0 Å². The van der Waals surface area contributed by atoms with Gasteiger partial charge in [0.25, 0.3) is 0 Å². The Balaban J connectivity index is 2.77. The van der Waals surface area contributed by atoms with Crippen LogP contribution in [0.2, 0.25) is 0 Å². The number of aryl methyl sites for hydroxylation is 1. The van der Waals surface area contributed by atoms with Crippen LogP contribution in [0.25, 0.3) is 10.9 Å². The highest BCUT2D eigenvalue weighted by atomic mass is 16.3. The summed E-state index contributed by atoms with van der Waals surface area (Å²) in [6.45, 7) is 0.0606. The van der Waals surface area contributed by atoms with E-state index in [-0.39, 0.29) is 6.61 Å². The van der Waals surface area contributed by atoms with Gasteiger partial charge < -0.3 is 15.4 Å². The lowest BCUT2D eigenvalue weighted by Gasteiger charge is -2.00. The Morgan fingerprint density at radius 2 is 2.15 bits per heavy atom. The molecular weight excluding hydrogens is 164 g/mol. The first-order valence-corrected chi connectivity index (χ1v) is 4.17. The van der Waals surface area contributed by atoms with E-state index in [9.17, 15) is 0 Å². The first-order chi connectivity index (χ1) is 6.22. The number of aromatic nitrogens is 1. The van der Waals surface area contributed by atoms with Crippen molar-refractivity contribution < 1.29 is 5.11 Å². The standard InChI is InChI=1S/C10H12N2O/c1-12-9(6-13)4-7-2-3-8(11)5-10(7)12/h2-5,13H,6,11H2,1H3. The number of fused-ring (bicyclic) bond motifs is 1. The smallest absolute Gasteiger partial charge is 0.0833 e. The first kappa shape index (κ1) is 8.13. The molecule has 0 atom stereocenters. The molecule has 13 heavy (non-hydrogen) atoms. The summed E-state index contributed by atoms with van der Waals surface area (Å²) in [5, 5.41) is 10.1. The summed E-state index contributed by atoms with van der Waals surface area (Å²) in [7, 11) is 1.92.